The number of carbonyl (C=O) groups excluding carboxylic acids is 1. The van der Waals surface area contributed by atoms with Gasteiger partial charge in [-0.25, -0.2) is 4.79 Å². The average Bonchev–Trinajstić information content (AvgIpc) is 2.59. The standard InChI is InChI=1S/C19H30N2O5S/c1-14(2)21(19(22)20-16-8-6-5-7-9-16)13-15-10-11-17(25-3)18(12-15)26-27(4,23)24/h10-12,14,16H,5-9,13H2,1-4H3,(H,20,22). The van der Waals surface area contributed by atoms with Gasteiger partial charge in [-0.1, -0.05) is 25.3 Å². The van der Waals surface area contributed by atoms with Gasteiger partial charge in [0.25, 0.3) is 0 Å². The Balaban J connectivity index is 2.15. The number of urea groups is 1. The summed E-state index contributed by atoms with van der Waals surface area (Å²) in [5, 5.41) is 3.13. The Morgan fingerprint density at radius 3 is 2.44 bits per heavy atom. The van der Waals surface area contributed by atoms with E-state index >= 15 is 0 Å². The summed E-state index contributed by atoms with van der Waals surface area (Å²) >= 11 is 0. The molecule has 152 valence electrons. The molecule has 1 fully saturated rings. The van der Waals surface area contributed by atoms with Crippen molar-refractivity contribution < 1.29 is 22.1 Å². The maximum Gasteiger partial charge on any atom is 0.318 e. The number of benzene rings is 1. The predicted molar refractivity (Wildman–Crippen MR) is 105 cm³/mol. The molecule has 0 radical (unpaired) electrons. The normalized spacial score (nSPS) is 15.4. The van der Waals surface area contributed by atoms with E-state index in [0.717, 1.165) is 37.5 Å². The van der Waals surface area contributed by atoms with Crippen molar-refractivity contribution in [1.82, 2.24) is 10.2 Å². The molecule has 0 bridgehead atoms. The van der Waals surface area contributed by atoms with Crippen LogP contribution >= 0.6 is 0 Å². The second-order valence-corrected chi connectivity index (χ2v) is 8.85. The first-order chi connectivity index (χ1) is 12.7. The van der Waals surface area contributed by atoms with Crippen molar-refractivity contribution in [2.24, 2.45) is 0 Å². The molecule has 0 heterocycles. The average molecular weight is 399 g/mol. The summed E-state index contributed by atoms with van der Waals surface area (Å²) in [5.41, 5.74) is 0.766. The summed E-state index contributed by atoms with van der Waals surface area (Å²) in [7, 11) is -2.23. The molecule has 0 unspecified atom stereocenters. The van der Waals surface area contributed by atoms with Gasteiger partial charge in [0.15, 0.2) is 11.5 Å². The molecule has 1 N–H and O–H groups in total. The summed E-state index contributed by atoms with van der Waals surface area (Å²) in [4.78, 5) is 14.5. The van der Waals surface area contributed by atoms with Gasteiger partial charge in [0.1, 0.15) is 0 Å². The third kappa shape index (κ3) is 6.61. The second kappa shape index (κ2) is 9.30. The fourth-order valence-corrected chi connectivity index (χ4v) is 3.69. The molecule has 7 nitrogen and oxygen atoms in total. The molecule has 1 saturated carbocycles. The molecule has 0 aromatic heterocycles. The van der Waals surface area contributed by atoms with Crippen LogP contribution in [0, 0.1) is 0 Å². The van der Waals surface area contributed by atoms with E-state index in [1.165, 1.54) is 13.5 Å². The summed E-state index contributed by atoms with van der Waals surface area (Å²) in [6.07, 6.45) is 6.56. The van der Waals surface area contributed by atoms with E-state index in [1.807, 2.05) is 13.8 Å². The zero-order valence-electron chi connectivity index (χ0n) is 16.5. The second-order valence-electron chi connectivity index (χ2n) is 7.28. The molecule has 0 aliphatic heterocycles. The van der Waals surface area contributed by atoms with Gasteiger partial charge in [0.2, 0.25) is 0 Å². The van der Waals surface area contributed by atoms with Gasteiger partial charge in [-0.05, 0) is 44.4 Å². The molecular formula is C19H30N2O5S. The van der Waals surface area contributed by atoms with Crippen LogP contribution in [0.2, 0.25) is 0 Å². The SMILES string of the molecule is COc1ccc(CN(C(=O)NC2CCCCC2)C(C)C)cc1OS(C)(=O)=O. The molecule has 1 aliphatic rings. The number of nitrogens with zero attached hydrogens (tertiary/aromatic N) is 1. The number of nitrogens with one attached hydrogen (secondary N) is 1. The number of hydrogen-bond acceptors (Lipinski definition) is 5. The fourth-order valence-electron chi connectivity index (χ4n) is 3.24. The van der Waals surface area contributed by atoms with Crippen LogP contribution in [0.25, 0.3) is 0 Å². The molecule has 27 heavy (non-hydrogen) atoms. The van der Waals surface area contributed by atoms with Crippen LogP contribution in [0.5, 0.6) is 11.5 Å². The van der Waals surface area contributed by atoms with Crippen molar-refractivity contribution in [2.45, 2.75) is 64.6 Å². The number of carbonyl (C=O) groups is 1. The van der Waals surface area contributed by atoms with Crippen molar-refractivity contribution >= 4 is 16.1 Å². The molecule has 1 aliphatic carbocycles. The van der Waals surface area contributed by atoms with E-state index in [9.17, 15) is 13.2 Å². The van der Waals surface area contributed by atoms with E-state index in [-0.39, 0.29) is 23.9 Å². The first-order valence-corrected chi connectivity index (χ1v) is 11.1. The summed E-state index contributed by atoms with van der Waals surface area (Å²) in [6.45, 7) is 4.26. The Kier molecular flexibility index (Phi) is 7.35. The smallest absolute Gasteiger partial charge is 0.318 e. The van der Waals surface area contributed by atoms with Crippen molar-refractivity contribution in [3.8, 4) is 11.5 Å². The van der Waals surface area contributed by atoms with Crippen LogP contribution in [0.1, 0.15) is 51.5 Å². The molecule has 0 spiro atoms. The minimum Gasteiger partial charge on any atom is -0.493 e. The van der Waals surface area contributed by atoms with Gasteiger partial charge in [0.05, 0.1) is 13.4 Å². The van der Waals surface area contributed by atoms with E-state index < -0.39 is 10.1 Å². The van der Waals surface area contributed by atoms with Crippen molar-refractivity contribution in [3.05, 3.63) is 23.8 Å². The molecule has 0 saturated heterocycles. The van der Waals surface area contributed by atoms with Gasteiger partial charge in [0, 0.05) is 18.6 Å². The molecule has 0 atom stereocenters. The van der Waals surface area contributed by atoms with Crippen LogP contribution in [0.15, 0.2) is 18.2 Å². The zero-order chi connectivity index (χ0) is 20.0. The third-order valence-corrected chi connectivity index (χ3v) is 5.12. The maximum atomic E-state index is 12.8. The maximum absolute atomic E-state index is 12.8. The third-order valence-electron chi connectivity index (χ3n) is 4.64. The van der Waals surface area contributed by atoms with Crippen molar-refractivity contribution in [1.29, 1.82) is 0 Å². The Hall–Kier alpha value is -1.96. The highest BCUT2D eigenvalue weighted by Gasteiger charge is 2.22. The molecule has 1 aromatic carbocycles. The van der Waals surface area contributed by atoms with E-state index in [0.29, 0.717) is 12.3 Å². The minimum absolute atomic E-state index is 0.00466. The highest BCUT2D eigenvalue weighted by molar-refractivity contribution is 7.86. The summed E-state index contributed by atoms with van der Waals surface area (Å²) in [6, 6.07) is 5.18. The van der Waals surface area contributed by atoms with Gasteiger partial charge in [-0.15, -0.1) is 0 Å². The summed E-state index contributed by atoms with van der Waals surface area (Å²) in [5.74, 6) is 0.445. The lowest BCUT2D eigenvalue weighted by atomic mass is 9.96. The first kappa shape index (κ1) is 21.3. The highest BCUT2D eigenvalue weighted by Crippen LogP contribution is 2.30. The predicted octanol–water partition coefficient (Wildman–Crippen LogP) is 3.29. The lowest BCUT2D eigenvalue weighted by Crippen LogP contribution is -2.47. The number of ether oxygens (including phenoxy) is 1. The Bertz CT molecular complexity index is 742. The number of rotatable bonds is 7. The van der Waals surface area contributed by atoms with E-state index in [4.69, 9.17) is 8.92 Å². The van der Waals surface area contributed by atoms with E-state index in [1.54, 1.807) is 23.1 Å². The number of methoxy groups -OCH3 is 1. The van der Waals surface area contributed by atoms with Crippen molar-refractivity contribution in [3.63, 3.8) is 0 Å². The lowest BCUT2D eigenvalue weighted by Gasteiger charge is -2.31. The summed E-state index contributed by atoms with van der Waals surface area (Å²) < 4.78 is 33.2. The van der Waals surface area contributed by atoms with E-state index in [2.05, 4.69) is 5.32 Å². The zero-order valence-corrected chi connectivity index (χ0v) is 17.3. The van der Waals surface area contributed by atoms with Gasteiger partial charge in [-0.2, -0.15) is 8.42 Å². The van der Waals surface area contributed by atoms with Gasteiger partial charge in [-0.3, -0.25) is 0 Å². The monoisotopic (exact) mass is 398 g/mol. The lowest BCUT2D eigenvalue weighted by molar-refractivity contribution is 0.172. The molecular weight excluding hydrogens is 368 g/mol. The highest BCUT2D eigenvalue weighted by atomic mass is 32.2. The van der Waals surface area contributed by atoms with Crippen LogP contribution in [0.4, 0.5) is 4.79 Å². The largest absolute Gasteiger partial charge is 0.493 e. The molecule has 8 heteroatoms. The topological polar surface area (TPSA) is 84.9 Å². The van der Waals surface area contributed by atoms with Crippen LogP contribution in [0.3, 0.4) is 0 Å². The van der Waals surface area contributed by atoms with Crippen LogP contribution in [-0.2, 0) is 16.7 Å². The first-order valence-electron chi connectivity index (χ1n) is 9.33. The van der Waals surface area contributed by atoms with Crippen molar-refractivity contribution in [2.75, 3.05) is 13.4 Å². The number of amides is 2. The van der Waals surface area contributed by atoms with Gasteiger partial charge < -0.3 is 19.1 Å². The van der Waals surface area contributed by atoms with Crippen LogP contribution in [-0.4, -0.2) is 44.8 Å². The minimum atomic E-state index is -3.68. The molecule has 2 rings (SSSR count). The Labute approximate surface area is 162 Å². The van der Waals surface area contributed by atoms with Crippen LogP contribution < -0.4 is 14.2 Å². The molecule has 1 aromatic rings. The Morgan fingerprint density at radius 1 is 1.22 bits per heavy atom. The fraction of sp³-hybridized carbons (Fsp3) is 0.632. The molecule has 2 amide bonds. The van der Waals surface area contributed by atoms with Gasteiger partial charge >= 0.3 is 16.1 Å². The quantitative estimate of drug-likeness (QED) is 0.713. The Morgan fingerprint density at radius 2 is 1.89 bits per heavy atom. The number of hydrogen-bond donors (Lipinski definition) is 1.